The molecule has 82 valence electrons. The van der Waals surface area contributed by atoms with Crippen LogP contribution in [0.1, 0.15) is 13.3 Å². The summed E-state index contributed by atoms with van der Waals surface area (Å²) >= 11 is 0. The Morgan fingerprint density at radius 1 is 1.29 bits per heavy atom. The molecule has 1 unspecified atom stereocenters. The Balaban J connectivity index is 4.35. The zero-order valence-corrected chi connectivity index (χ0v) is 8.17. The van der Waals surface area contributed by atoms with E-state index in [1.54, 1.807) is 0 Å². The summed E-state index contributed by atoms with van der Waals surface area (Å²) in [6.45, 7) is 1.25. The van der Waals surface area contributed by atoms with Gasteiger partial charge in [0.2, 0.25) is 0 Å². The highest BCUT2D eigenvalue weighted by atomic mass is 19.3. The summed E-state index contributed by atoms with van der Waals surface area (Å²) in [4.78, 5) is 21.3. The molecule has 4 nitrogen and oxygen atoms in total. The van der Waals surface area contributed by atoms with Crippen LogP contribution in [-0.2, 0) is 19.1 Å². The fraction of sp³-hybridized carbons (Fsp3) is 0.750. The van der Waals surface area contributed by atoms with Crippen molar-refractivity contribution >= 4 is 11.9 Å². The van der Waals surface area contributed by atoms with E-state index in [0.29, 0.717) is 0 Å². The minimum atomic E-state index is -3.65. The molecule has 6 heteroatoms. The van der Waals surface area contributed by atoms with Gasteiger partial charge in [-0.25, -0.2) is 4.79 Å². The second-order valence-electron chi connectivity index (χ2n) is 2.82. The van der Waals surface area contributed by atoms with Gasteiger partial charge in [0.15, 0.2) is 0 Å². The average molecular weight is 210 g/mol. The van der Waals surface area contributed by atoms with Crippen molar-refractivity contribution in [2.45, 2.75) is 19.3 Å². The van der Waals surface area contributed by atoms with E-state index in [-0.39, 0.29) is 0 Å². The highest BCUT2D eigenvalue weighted by Gasteiger charge is 2.43. The zero-order chi connectivity index (χ0) is 11.4. The maximum atomic E-state index is 12.9. The smallest absolute Gasteiger partial charge is 0.376 e. The number of hydrogen-bond acceptors (Lipinski definition) is 4. The second kappa shape index (κ2) is 4.88. The molecule has 0 rings (SSSR count). The number of ether oxygens (including phenoxy) is 2. The van der Waals surface area contributed by atoms with E-state index in [1.165, 1.54) is 6.92 Å². The van der Waals surface area contributed by atoms with E-state index < -0.39 is 30.2 Å². The van der Waals surface area contributed by atoms with Crippen molar-refractivity contribution in [1.82, 2.24) is 0 Å². The fourth-order valence-corrected chi connectivity index (χ4v) is 0.902. The molecule has 0 saturated carbocycles. The summed E-state index contributed by atoms with van der Waals surface area (Å²) < 4.78 is 33.9. The molecule has 0 aliphatic heterocycles. The van der Waals surface area contributed by atoms with Crippen LogP contribution >= 0.6 is 0 Å². The van der Waals surface area contributed by atoms with Gasteiger partial charge in [0.1, 0.15) is 0 Å². The number of alkyl halides is 2. The van der Waals surface area contributed by atoms with Crippen molar-refractivity contribution in [3.8, 4) is 0 Å². The lowest BCUT2D eigenvalue weighted by atomic mass is 10.0. The molecule has 0 aliphatic rings. The van der Waals surface area contributed by atoms with E-state index in [9.17, 15) is 18.4 Å². The van der Waals surface area contributed by atoms with Crippen LogP contribution in [0.4, 0.5) is 8.78 Å². The standard InChI is InChI=1S/C8H12F2O4/c1-5(6(11)13-2)4-8(9,10)7(12)14-3/h5H,4H2,1-3H3. The van der Waals surface area contributed by atoms with Gasteiger partial charge >= 0.3 is 17.9 Å². The predicted octanol–water partition coefficient (Wildman–Crippen LogP) is 0.994. The Labute approximate surface area is 80.2 Å². The van der Waals surface area contributed by atoms with Crippen molar-refractivity contribution in [3.05, 3.63) is 0 Å². The van der Waals surface area contributed by atoms with Crippen molar-refractivity contribution in [2.75, 3.05) is 14.2 Å². The normalized spacial score (nSPS) is 13.2. The van der Waals surface area contributed by atoms with Gasteiger partial charge < -0.3 is 9.47 Å². The summed E-state index contributed by atoms with van der Waals surface area (Å²) in [5, 5.41) is 0. The van der Waals surface area contributed by atoms with Gasteiger partial charge in [-0.1, -0.05) is 6.92 Å². The number of hydrogen-bond donors (Lipinski definition) is 0. The lowest BCUT2D eigenvalue weighted by Gasteiger charge is -2.16. The van der Waals surface area contributed by atoms with Crippen LogP contribution in [0.25, 0.3) is 0 Å². The van der Waals surface area contributed by atoms with Crippen LogP contribution in [0, 0.1) is 5.92 Å². The van der Waals surface area contributed by atoms with Crippen LogP contribution < -0.4 is 0 Å². The lowest BCUT2D eigenvalue weighted by molar-refractivity contribution is -0.173. The molecule has 1 atom stereocenters. The van der Waals surface area contributed by atoms with Gasteiger partial charge in [0.25, 0.3) is 0 Å². The Morgan fingerprint density at radius 3 is 2.14 bits per heavy atom. The van der Waals surface area contributed by atoms with Crippen LogP contribution in [0.3, 0.4) is 0 Å². The van der Waals surface area contributed by atoms with Gasteiger partial charge in [0, 0.05) is 6.42 Å². The summed E-state index contributed by atoms with van der Waals surface area (Å²) in [7, 11) is 1.95. The number of carbonyl (C=O) groups excluding carboxylic acids is 2. The molecule has 0 spiro atoms. The largest absolute Gasteiger partial charge is 0.469 e. The van der Waals surface area contributed by atoms with Crippen LogP contribution in [-0.4, -0.2) is 32.1 Å². The molecule has 0 N–H and O–H groups in total. The molecule has 0 saturated heterocycles. The van der Waals surface area contributed by atoms with E-state index >= 15 is 0 Å². The summed E-state index contributed by atoms with van der Waals surface area (Å²) in [5.74, 6) is -7.13. The van der Waals surface area contributed by atoms with Crippen molar-refractivity contribution in [3.63, 3.8) is 0 Å². The first-order valence-electron chi connectivity index (χ1n) is 3.89. The molecule has 0 heterocycles. The van der Waals surface area contributed by atoms with Crippen molar-refractivity contribution < 1.29 is 27.8 Å². The Bertz CT molecular complexity index is 227. The molecule has 0 amide bonds. The highest BCUT2D eigenvalue weighted by Crippen LogP contribution is 2.25. The number of esters is 2. The first-order chi connectivity index (χ1) is 6.35. The average Bonchev–Trinajstić information content (AvgIpc) is 2.14. The maximum absolute atomic E-state index is 12.9. The number of halogens is 2. The maximum Gasteiger partial charge on any atom is 0.376 e. The van der Waals surface area contributed by atoms with E-state index in [4.69, 9.17) is 0 Å². The summed E-state index contributed by atoms with van der Waals surface area (Å²) in [6.07, 6.45) is -0.910. The Kier molecular flexibility index (Phi) is 4.46. The van der Waals surface area contributed by atoms with E-state index in [0.717, 1.165) is 14.2 Å². The topological polar surface area (TPSA) is 52.6 Å². The molecule has 0 aromatic carbocycles. The van der Waals surface area contributed by atoms with Gasteiger partial charge in [-0.05, 0) is 0 Å². The third-order valence-electron chi connectivity index (χ3n) is 1.65. The van der Waals surface area contributed by atoms with Crippen molar-refractivity contribution in [2.24, 2.45) is 5.92 Å². The number of methoxy groups -OCH3 is 2. The molecule has 0 aromatic heterocycles. The van der Waals surface area contributed by atoms with Crippen molar-refractivity contribution in [1.29, 1.82) is 0 Å². The molecule has 0 aromatic rings. The van der Waals surface area contributed by atoms with E-state index in [1.807, 2.05) is 0 Å². The third-order valence-corrected chi connectivity index (χ3v) is 1.65. The van der Waals surface area contributed by atoms with Crippen LogP contribution in [0.2, 0.25) is 0 Å². The molecular weight excluding hydrogens is 198 g/mol. The third kappa shape index (κ3) is 3.27. The molecular formula is C8H12F2O4. The molecule has 14 heavy (non-hydrogen) atoms. The second-order valence-corrected chi connectivity index (χ2v) is 2.82. The number of carbonyl (C=O) groups is 2. The molecule has 0 aliphatic carbocycles. The molecule has 0 bridgehead atoms. The van der Waals surface area contributed by atoms with Crippen LogP contribution in [0.15, 0.2) is 0 Å². The Hall–Kier alpha value is -1.20. The SMILES string of the molecule is COC(=O)C(C)CC(F)(F)C(=O)OC. The van der Waals surface area contributed by atoms with Gasteiger partial charge in [-0.15, -0.1) is 0 Å². The Morgan fingerprint density at radius 2 is 1.79 bits per heavy atom. The predicted molar refractivity (Wildman–Crippen MR) is 42.8 cm³/mol. The van der Waals surface area contributed by atoms with Gasteiger partial charge in [-0.3, -0.25) is 4.79 Å². The van der Waals surface area contributed by atoms with Crippen LogP contribution in [0.5, 0.6) is 0 Å². The molecule has 0 radical (unpaired) electrons. The summed E-state index contributed by atoms with van der Waals surface area (Å²) in [5.41, 5.74) is 0. The summed E-state index contributed by atoms with van der Waals surface area (Å²) in [6, 6.07) is 0. The number of rotatable bonds is 4. The minimum absolute atomic E-state index is 0.784. The molecule has 0 fully saturated rings. The lowest BCUT2D eigenvalue weighted by Crippen LogP contribution is -2.34. The first kappa shape index (κ1) is 12.8. The monoisotopic (exact) mass is 210 g/mol. The first-order valence-corrected chi connectivity index (χ1v) is 3.89. The fourth-order valence-electron chi connectivity index (χ4n) is 0.902. The van der Waals surface area contributed by atoms with Gasteiger partial charge in [-0.2, -0.15) is 8.78 Å². The highest BCUT2D eigenvalue weighted by molar-refractivity contribution is 5.79. The van der Waals surface area contributed by atoms with Gasteiger partial charge in [0.05, 0.1) is 20.1 Å². The zero-order valence-electron chi connectivity index (χ0n) is 8.17. The van der Waals surface area contributed by atoms with E-state index in [2.05, 4.69) is 9.47 Å². The quantitative estimate of drug-likeness (QED) is 0.649. The minimum Gasteiger partial charge on any atom is -0.469 e.